The van der Waals surface area contributed by atoms with Gasteiger partial charge in [0.25, 0.3) is 0 Å². The molecule has 440 valence electrons. The number of aliphatic hydroxyl groups excluding tert-OH is 5. The largest absolute Gasteiger partial charge is 0.455 e. The molecule has 19 heteroatoms. The number of ether oxygens (including phenoxy) is 6. The highest BCUT2D eigenvalue weighted by molar-refractivity contribution is 5.95. The molecule has 80 heavy (non-hydrogen) atoms. The van der Waals surface area contributed by atoms with Gasteiger partial charge in [-0.25, -0.2) is 9.59 Å². The van der Waals surface area contributed by atoms with Crippen molar-refractivity contribution < 1.29 is 92.9 Å². The normalized spacial score (nSPS) is 41.7. The molecule has 7 N–H and O–H groups in total. The van der Waals surface area contributed by atoms with Crippen molar-refractivity contribution in [1.82, 2.24) is 0 Å². The predicted molar refractivity (Wildman–Crippen MR) is 287 cm³/mol. The Balaban J connectivity index is 0.000000225. The van der Waals surface area contributed by atoms with E-state index in [1.165, 1.54) is 32.9 Å². The van der Waals surface area contributed by atoms with E-state index in [-0.39, 0.29) is 76.2 Å². The molecule has 2 aromatic carbocycles. The van der Waals surface area contributed by atoms with Crippen LogP contribution in [0.2, 0.25) is 0 Å². The van der Waals surface area contributed by atoms with Crippen molar-refractivity contribution in [2.24, 2.45) is 39.4 Å². The van der Waals surface area contributed by atoms with Gasteiger partial charge in [0.2, 0.25) is 0 Å². The van der Waals surface area contributed by atoms with E-state index in [9.17, 15) is 64.5 Å². The van der Waals surface area contributed by atoms with Crippen LogP contribution in [0.3, 0.4) is 0 Å². The van der Waals surface area contributed by atoms with Gasteiger partial charge in [0.05, 0.1) is 71.4 Å². The number of aliphatic hydroxyl groups is 7. The summed E-state index contributed by atoms with van der Waals surface area (Å²) in [4.78, 5) is 80.9. The van der Waals surface area contributed by atoms with Crippen molar-refractivity contribution in [1.29, 1.82) is 0 Å². The van der Waals surface area contributed by atoms with Crippen molar-refractivity contribution in [2.75, 3.05) is 13.2 Å². The fraction of sp³-hybridized carbons (Fsp3) is 0.639. The summed E-state index contributed by atoms with van der Waals surface area (Å²) in [6, 6.07) is 16.3. The topological polar surface area (TPSA) is 299 Å². The van der Waals surface area contributed by atoms with Crippen LogP contribution in [0.15, 0.2) is 83.0 Å². The third kappa shape index (κ3) is 8.60. The quantitative estimate of drug-likeness (QED) is 0.117. The fourth-order valence-electron chi connectivity index (χ4n) is 15.8. The van der Waals surface area contributed by atoms with E-state index in [4.69, 9.17) is 28.4 Å². The number of benzene rings is 2. The van der Waals surface area contributed by atoms with Gasteiger partial charge in [-0.15, -0.1) is 0 Å². The van der Waals surface area contributed by atoms with Gasteiger partial charge in [-0.05, 0) is 74.3 Å². The highest BCUT2D eigenvalue weighted by Gasteiger charge is 2.80. The van der Waals surface area contributed by atoms with Crippen molar-refractivity contribution >= 4 is 35.4 Å². The average Bonchev–Trinajstić information content (AvgIpc) is 3.37. The molecule has 4 bridgehead atoms. The Kier molecular flexibility index (Phi) is 16.3. The Morgan fingerprint density at radius 3 is 1.26 bits per heavy atom. The third-order valence-electron chi connectivity index (χ3n) is 20.2. The Hall–Kier alpha value is -5.22. The van der Waals surface area contributed by atoms with E-state index in [2.05, 4.69) is 0 Å². The molecule has 2 aromatic rings. The maximum atomic E-state index is 14.5. The lowest BCUT2D eigenvalue weighted by Gasteiger charge is -2.67. The molecule has 2 aliphatic heterocycles. The lowest BCUT2D eigenvalue weighted by molar-refractivity contribution is -0.345. The van der Waals surface area contributed by atoms with Gasteiger partial charge >= 0.3 is 23.9 Å². The molecular weight excluding hydrogens is 1040 g/mol. The zero-order valence-electron chi connectivity index (χ0n) is 46.0. The lowest BCUT2D eigenvalue weighted by Crippen LogP contribution is -2.81. The number of ketones is 2. The molecular formula is C61H82O19. The molecule has 2 unspecified atom stereocenters. The minimum absolute atomic E-state index is 0. The number of rotatable bonds is 6. The summed E-state index contributed by atoms with van der Waals surface area (Å²) in [6.45, 7) is 17.1. The molecule has 0 amide bonds. The Morgan fingerprint density at radius 1 is 0.562 bits per heavy atom. The minimum Gasteiger partial charge on any atom is -0.455 e. The van der Waals surface area contributed by atoms with Crippen molar-refractivity contribution in [2.45, 2.75) is 194 Å². The first-order valence-corrected chi connectivity index (χ1v) is 26.8. The smallest absolute Gasteiger partial charge is 0.338 e. The summed E-state index contributed by atoms with van der Waals surface area (Å²) in [5.41, 5.74) is -11.0. The number of carbonyl (C=O) groups excluding carboxylic acids is 6. The van der Waals surface area contributed by atoms with Gasteiger partial charge in [0.1, 0.15) is 47.5 Å². The number of hydrogen-bond acceptors (Lipinski definition) is 19. The second-order valence-electron chi connectivity index (χ2n) is 24.7. The summed E-state index contributed by atoms with van der Waals surface area (Å²) in [6.07, 6.45) is -12.0. The van der Waals surface area contributed by atoms with Gasteiger partial charge in [-0.3, -0.25) is 19.2 Å². The van der Waals surface area contributed by atoms with E-state index in [1.807, 2.05) is 0 Å². The van der Waals surface area contributed by atoms with Gasteiger partial charge in [-0.1, -0.05) is 85.9 Å². The van der Waals surface area contributed by atoms with E-state index >= 15 is 0 Å². The minimum atomic E-state index is -2.07. The molecule has 8 aliphatic rings. The monoisotopic (exact) mass is 1120 g/mol. The average molecular weight is 1120 g/mol. The van der Waals surface area contributed by atoms with Gasteiger partial charge in [-0.2, -0.15) is 0 Å². The molecule has 0 radical (unpaired) electrons. The van der Waals surface area contributed by atoms with Crippen molar-refractivity contribution in [3.05, 3.63) is 94.1 Å². The predicted octanol–water partition coefficient (Wildman–Crippen LogP) is 4.71. The highest BCUT2D eigenvalue weighted by atomic mass is 16.6. The number of hydrogen-bond donors (Lipinski definition) is 7. The fourth-order valence-corrected chi connectivity index (χ4v) is 15.8. The maximum Gasteiger partial charge on any atom is 0.338 e. The van der Waals surface area contributed by atoms with Gasteiger partial charge in [0.15, 0.2) is 17.0 Å². The van der Waals surface area contributed by atoms with Crippen LogP contribution in [0, 0.1) is 39.4 Å². The Morgan fingerprint density at radius 2 is 0.912 bits per heavy atom. The zero-order valence-corrected chi connectivity index (χ0v) is 46.0. The molecule has 18 atom stereocenters. The highest BCUT2D eigenvalue weighted by Crippen LogP contribution is 2.66. The van der Waals surface area contributed by atoms with Crippen molar-refractivity contribution in [3.8, 4) is 0 Å². The number of carbonyl (C=O) groups is 6. The summed E-state index contributed by atoms with van der Waals surface area (Å²) >= 11 is 0. The Bertz CT molecular complexity index is 2670. The van der Waals surface area contributed by atoms with E-state index in [1.54, 1.807) is 104 Å². The number of esters is 4. The summed E-state index contributed by atoms with van der Waals surface area (Å²) < 4.78 is 35.7. The summed E-state index contributed by atoms with van der Waals surface area (Å²) in [5, 5.41) is 82.3. The zero-order chi connectivity index (χ0) is 57.4. The summed E-state index contributed by atoms with van der Waals surface area (Å²) in [7, 11) is 0. The van der Waals surface area contributed by atoms with Crippen LogP contribution in [0.1, 0.15) is 137 Å². The second-order valence-corrected chi connectivity index (χ2v) is 24.7. The molecule has 6 aliphatic carbocycles. The second kappa shape index (κ2) is 20.9. The summed E-state index contributed by atoms with van der Waals surface area (Å²) in [5.74, 6) is -7.27. The molecule has 10 rings (SSSR count). The van der Waals surface area contributed by atoms with Crippen LogP contribution in [0.25, 0.3) is 0 Å². The van der Waals surface area contributed by atoms with Crippen LogP contribution in [-0.2, 0) is 47.6 Å². The molecule has 19 nitrogen and oxygen atoms in total. The first-order chi connectivity index (χ1) is 36.2. The lowest BCUT2D eigenvalue weighted by atomic mass is 9.43. The molecule has 0 aromatic heterocycles. The first-order valence-electron chi connectivity index (χ1n) is 26.8. The molecule has 2 heterocycles. The van der Waals surface area contributed by atoms with Crippen LogP contribution >= 0.6 is 0 Å². The molecule has 2 saturated heterocycles. The van der Waals surface area contributed by atoms with Crippen LogP contribution < -0.4 is 0 Å². The molecule has 4 saturated carbocycles. The van der Waals surface area contributed by atoms with E-state index in [0.717, 1.165) is 0 Å². The Labute approximate surface area is 467 Å². The van der Waals surface area contributed by atoms with Crippen LogP contribution in [0.4, 0.5) is 0 Å². The molecule has 6 fully saturated rings. The van der Waals surface area contributed by atoms with Crippen LogP contribution in [-0.4, -0.2) is 162 Å². The third-order valence-corrected chi connectivity index (χ3v) is 20.2. The first kappa shape index (κ1) is 62.4. The standard InChI is InChI=1S/C30H38O9.C29H36O10.2CH4/c1-15-19(32)13-30(36)25(38-26(35)18-10-8-7-9-11-18)23-28(6,24(34)16(2)22(15)27(30,4)5)20(33)12-21-29(23,14-37-21)39-17(3)31;1-14-17(31)12-29(36)24(38-25(35)16-9-7-6-8-10-16)22-27(5,23(34)21(33)20(14)26(29,3)4)18(32)11-19-28(22,13-37-19)39-15(2)30;;/h7-11,16,19-21,23,25,32-33,36H,12-14H2,1-6H3;6-10,17-19,21-22,24,31-33,36H,11-13H2,1-5H3;2*1H4/t16-,19+,20+,21-,23?,25+,28-,29+,30-;17-,18-,19+,21+,22?,24-,27+,28-,29+;;/m10../s1. The number of fused-ring (bicyclic) bond motifs is 10. The van der Waals surface area contributed by atoms with Crippen molar-refractivity contribution in [3.63, 3.8) is 0 Å². The van der Waals surface area contributed by atoms with E-state index < -0.39 is 146 Å². The molecule has 0 spiro atoms. The van der Waals surface area contributed by atoms with E-state index in [0.29, 0.717) is 16.7 Å². The van der Waals surface area contributed by atoms with Gasteiger partial charge in [0, 0.05) is 56.3 Å². The number of Topliss-reactive ketones (excluding diaryl/α,β-unsaturated/α-hetero) is 2. The van der Waals surface area contributed by atoms with Crippen LogP contribution in [0.5, 0.6) is 0 Å². The van der Waals surface area contributed by atoms with Gasteiger partial charge < -0.3 is 64.2 Å². The maximum absolute atomic E-state index is 14.5. The SMILES string of the molecule is C.C.CC(=O)O[C@@]12CO[C@@H]1C[C@H](O)[C@@]1(C)C(=O)[C@H](C)C3=C(C)[C@@H](O)C[C@@](O)([C@@H](OC(=O)c4ccccc4)C12)C3(C)C.CC(=O)O[C@@]12CO[C@@H]1C[C@H](O)[C@@]1(C)C(=O)[C@H](O)C3=C(C)[C@@H](O)C[C@@](O)([C@@H](OC(=O)c4ccccc4)C12)C3(C)C.